The van der Waals surface area contributed by atoms with Crippen molar-refractivity contribution in [1.29, 1.82) is 0 Å². The minimum Gasteiger partial charge on any atom is -0.302 e. The number of rotatable bonds is 4. The van der Waals surface area contributed by atoms with Gasteiger partial charge in [-0.1, -0.05) is 0 Å². The highest BCUT2D eigenvalue weighted by atomic mass is 32.1. The smallest absolute Gasteiger partial charge is 0.112 e. The van der Waals surface area contributed by atoms with Crippen LogP contribution in [0.15, 0.2) is 23.0 Å². The molecule has 0 bridgehead atoms. The topological polar surface area (TPSA) is 24.9 Å². The average Bonchev–Trinajstić information content (AvgIpc) is 2.85. The molecule has 16 heavy (non-hydrogen) atoms. The predicted molar refractivity (Wildman–Crippen MR) is 71.0 cm³/mol. The molecule has 0 aliphatic rings. The van der Waals surface area contributed by atoms with Crippen LogP contribution in [0.1, 0.15) is 29.3 Å². The van der Waals surface area contributed by atoms with Crippen LogP contribution >= 0.6 is 22.7 Å². The van der Waals surface area contributed by atoms with Gasteiger partial charge in [0.2, 0.25) is 0 Å². The summed E-state index contributed by atoms with van der Waals surface area (Å²) in [5.74, 6) is 0. The van der Waals surface area contributed by atoms with E-state index in [4.69, 9.17) is 0 Å². The zero-order valence-electron chi connectivity index (χ0n) is 9.78. The second-order valence-electron chi connectivity index (χ2n) is 4.39. The van der Waals surface area contributed by atoms with E-state index < -0.39 is 0 Å². The fourth-order valence-electron chi connectivity index (χ4n) is 1.44. The molecule has 0 spiro atoms. The van der Waals surface area contributed by atoms with Crippen LogP contribution in [0.3, 0.4) is 0 Å². The number of hydrogen-bond acceptors (Lipinski definition) is 4. The maximum absolute atomic E-state index is 4.45. The highest BCUT2D eigenvalue weighted by Crippen LogP contribution is 2.25. The van der Waals surface area contributed by atoms with Gasteiger partial charge in [-0.2, -0.15) is 11.3 Å². The van der Waals surface area contributed by atoms with Crippen LogP contribution in [0.4, 0.5) is 0 Å². The van der Waals surface area contributed by atoms with Crippen molar-refractivity contribution in [3.05, 3.63) is 38.5 Å². The van der Waals surface area contributed by atoms with Gasteiger partial charge in [-0.25, -0.2) is 4.98 Å². The van der Waals surface area contributed by atoms with Crippen LogP contribution in [-0.4, -0.2) is 4.98 Å². The lowest BCUT2D eigenvalue weighted by Crippen LogP contribution is -2.35. The van der Waals surface area contributed by atoms with Gasteiger partial charge < -0.3 is 5.32 Å². The molecular weight excluding hydrogens is 236 g/mol. The summed E-state index contributed by atoms with van der Waals surface area (Å²) in [6.07, 6.45) is 1.94. The Balaban J connectivity index is 2.02. The molecule has 0 aromatic carbocycles. The highest BCUT2D eigenvalue weighted by molar-refractivity contribution is 7.11. The summed E-state index contributed by atoms with van der Waals surface area (Å²) < 4.78 is 0. The standard InChI is InChI=1S/C12H16N2S2/c1-9-6-13-11(16-9)12(2,3)14-7-10-4-5-15-8-10/h4-6,8,14H,7H2,1-3H3. The molecule has 0 unspecified atom stereocenters. The molecule has 2 aromatic heterocycles. The first-order valence-corrected chi connectivity index (χ1v) is 7.03. The minimum absolute atomic E-state index is 0.0547. The first-order valence-electron chi connectivity index (χ1n) is 5.27. The van der Waals surface area contributed by atoms with Crippen molar-refractivity contribution >= 4 is 22.7 Å². The predicted octanol–water partition coefficient (Wildman–Crippen LogP) is 3.54. The van der Waals surface area contributed by atoms with Crippen LogP contribution in [0.2, 0.25) is 0 Å². The van der Waals surface area contributed by atoms with Crippen molar-refractivity contribution in [1.82, 2.24) is 10.3 Å². The van der Waals surface area contributed by atoms with Crippen LogP contribution in [0, 0.1) is 6.92 Å². The SMILES string of the molecule is Cc1cnc(C(C)(C)NCc2ccsc2)s1. The van der Waals surface area contributed by atoms with E-state index in [1.54, 1.807) is 22.7 Å². The van der Waals surface area contributed by atoms with Crippen molar-refractivity contribution in [3.63, 3.8) is 0 Å². The summed E-state index contributed by atoms with van der Waals surface area (Å²) in [5, 5.41) is 8.98. The molecule has 0 saturated heterocycles. The molecule has 2 rings (SSSR count). The number of aromatic nitrogens is 1. The van der Waals surface area contributed by atoms with Crippen molar-refractivity contribution < 1.29 is 0 Å². The monoisotopic (exact) mass is 252 g/mol. The van der Waals surface area contributed by atoms with Crippen molar-refractivity contribution in [3.8, 4) is 0 Å². The fraction of sp³-hybridized carbons (Fsp3) is 0.417. The van der Waals surface area contributed by atoms with Gasteiger partial charge in [-0.15, -0.1) is 11.3 Å². The van der Waals surface area contributed by atoms with Gasteiger partial charge in [-0.05, 0) is 43.2 Å². The lowest BCUT2D eigenvalue weighted by molar-refractivity contribution is 0.400. The number of aryl methyl sites for hydroxylation is 1. The van der Waals surface area contributed by atoms with E-state index >= 15 is 0 Å². The average molecular weight is 252 g/mol. The number of hydrogen-bond donors (Lipinski definition) is 1. The Labute approximate surface area is 104 Å². The number of nitrogens with zero attached hydrogens (tertiary/aromatic N) is 1. The van der Waals surface area contributed by atoms with Gasteiger partial charge in [-0.3, -0.25) is 0 Å². The van der Waals surface area contributed by atoms with Gasteiger partial charge >= 0.3 is 0 Å². The quantitative estimate of drug-likeness (QED) is 0.900. The molecule has 4 heteroatoms. The van der Waals surface area contributed by atoms with Gasteiger partial charge in [0, 0.05) is 17.6 Å². The first kappa shape index (κ1) is 11.8. The summed E-state index contributed by atoms with van der Waals surface area (Å²) in [5.41, 5.74) is 1.28. The molecule has 0 aliphatic carbocycles. The molecule has 1 N–H and O–H groups in total. The summed E-state index contributed by atoms with van der Waals surface area (Å²) in [6, 6.07) is 2.15. The minimum atomic E-state index is -0.0547. The molecule has 0 aliphatic heterocycles. The molecule has 0 saturated carbocycles. The Hall–Kier alpha value is -0.710. The number of nitrogens with one attached hydrogen (secondary N) is 1. The fourth-order valence-corrected chi connectivity index (χ4v) is 2.95. The summed E-state index contributed by atoms with van der Waals surface area (Å²) in [4.78, 5) is 5.71. The normalized spacial score (nSPS) is 11.9. The summed E-state index contributed by atoms with van der Waals surface area (Å²) in [7, 11) is 0. The molecule has 2 heterocycles. The van der Waals surface area contributed by atoms with E-state index in [9.17, 15) is 0 Å². The van der Waals surface area contributed by atoms with Crippen molar-refractivity contribution in [2.45, 2.75) is 32.9 Å². The van der Waals surface area contributed by atoms with Crippen LogP contribution in [0.5, 0.6) is 0 Å². The molecule has 0 amide bonds. The Morgan fingerprint density at radius 3 is 2.81 bits per heavy atom. The molecule has 2 nitrogen and oxygen atoms in total. The van der Waals surface area contributed by atoms with E-state index in [1.165, 1.54) is 10.4 Å². The van der Waals surface area contributed by atoms with E-state index in [0.29, 0.717) is 0 Å². The maximum Gasteiger partial charge on any atom is 0.112 e. The Morgan fingerprint density at radius 1 is 1.44 bits per heavy atom. The Kier molecular flexibility index (Phi) is 3.42. The van der Waals surface area contributed by atoms with Gasteiger partial charge in [0.05, 0.1) is 5.54 Å². The zero-order valence-corrected chi connectivity index (χ0v) is 11.4. The Bertz CT molecular complexity index is 443. The molecular formula is C12H16N2S2. The third-order valence-corrected chi connectivity index (χ3v) is 4.44. The third kappa shape index (κ3) is 2.70. The molecule has 0 atom stereocenters. The highest BCUT2D eigenvalue weighted by Gasteiger charge is 2.22. The lowest BCUT2D eigenvalue weighted by Gasteiger charge is -2.23. The Morgan fingerprint density at radius 2 is 2.25 bits per heavy atom. The largest absolute Gasteiger partial charge is 0.302 e. The van der Waals surface area contributed by atoms with Crippen LogP contribution < -0.4 is 5.32 Å². The number of thiophene rings is 1. The van der Waals surface area contributed by atoms with E-state index in [-0.39, 0.29) is 5.54 Å². The summed E-state index contributed by atoms with van der Waals surface area (Å²) in [6.45, 7) is 7.35. The number of thiazole rings is 1. The van der Waals surface area contributed by atoms with Crippen LogP contribution in [-0.2, 0) is 12.1 Å². The molecule has 0 radical (unpaired) electrons. The molecule has 86 valence electrons. The first-order chi connectivity index (χ1) is 7.58. The second kappa shape index (κ2) is 4.65. The van der Waals surface area contributed by atoms with Crippen LogP contribution in [0.25, 0.3) is 0 Å². The van der Waals surface area contributed by atoms with E-state index in [2.05, 4.69) is 47.9 Å². The molecule has 0 fully saturated rings. The van der Waals surface area contributed by atoms with Gasteiger partial charge in [0.1, 0.15) is 5.01 Å². The third-order valence-electron chi connectivity index (χ3n) is 2.47. The maximum atomic E-state index is 4.45. The van der Waals surface area contributed by atoms with Gasteiger partial charge in [0.25, 0.3) is 0 Å². The molecule has 2 aromatic rings. The van der Waals surface area contributed by atoms with Gasteiger partial charge in [0.15, 0.2) is 0 Å². The van der Waals surface area contributed by atoms with E-state index in [1.807, 2.05) is 6.20 Å². The lowest BCUT2D eigenvalue weighted by atomic mass is 10.1. The van der Waals surface area contributed by atoms with E-state index in [0.717, 1.165) is 11.6 Å². The summed E-state index contributed by atoms with van der Waals surface area (Å²) >= 11 is 3.50. The zero-order chi connectivity index (χ0) is 11.6. The second-order valence-corrected chi connectivity index (χ2v) is 6.40. The van der Waals surface area contributed by atoms with Crippen molar-refractivity contribution in [2.75, 3.05) is 0 Å². The van der Waals surface area contributed by atoms with Crippen molar-refractivity contribution in [2.24, 2.45) is 0 Å².